The number of para-hydroxylation sites is 1. The van der Waals surface area contributed by atoms with Crippen molar-refractivity contribution in [3.63, 3.8) is 0 Å². The average molecular weight is 379 g/mol. The summed E-state index contributed by atoms with van der Waals surface area (Å²) in [6, 6.07) is 19.1. The number of rotatable bonds is 2. The molecule has 0 unspecified atom stereocenters. The predicted octanol–water partition coefficient (Wildman–Crippen LogP) is 4.63. The molecule has 0 radical (unpaired) electrons. The quantitative estimate of drug-likeness (QED) is 0.683. The first kappa shape index (κ1) is 17.1. The van der Waals surface area contributed by atoms with Gasteiger partial charge in [0.15, 0.2) is 0 Å². The first-order valence-electron chi connectivity index (χ1n) is 8.35. The molecule has 1 aliphatic rings. The van der Waals surface area contributed by atoms with Crippen LogP contribution in [0.25, 0.3) is 0 Å². The van der Waals surface area contributed by atoms with Gasteiger partial charge in [-0.2, -0.15) is 0 Å². The molecule has 0 bridgehead atoms. The standard InChI is InChI=1S/C21H15ClN2O3/c22-15-7-5-13(6-8-15)20(25)24-16-9-10-19-17(11-16)21(26)23-12-14-3-1-2-4-18(14)27-19/h1-11H,12H2,(H,23,26)(H,24,25). The van der Waals surface area contributed by atoms with Gasteiger partial charge in [-0.15, -0.1) is 0 Å². The van der Waals surface area contributed by atoms with Crippen LogP contribution in [0, 0.1) is 0 Å². The van der Waals surface area contributed by atoms with E-state index < -0.39 is 0 Å². The Morgan fingerprint density at radius 3 is 2.59 bits per heavy atom. The highest BCUT2D eigenvalue weighted by molar-refractivity contribution is 6.30. The molecule has 1 heterocycles. The van der Waals surface area contributed by atoms with Gasteiger partial charge < -0.3 is 15.4 Å². The van der Waals surface area contributed by atoms with Crippen LogP contribution >= 0.6 is 11.6 Å². The number of carbonyl (C=O) groups is 2. The molecule has 1 aliphatic heterocycles. The van der Waals surface area contributed by atoms with Gasteiger partial charge in [0.05, 0.1) is 5.56 Å². The van der Waals surface area contributed by atoms with Crippen LogP contribution in [0.5, 0.6) is 11.5 Å². The second-order valence-electron chi connectivity index (χ2n) is 6.06. The van der Waals surface area contributed by atoms with Gasteiger partial charge in [-0.1, -0.05) is 29.8 Å². The Morgan fingerprint density at radius 1 is 1.00 bits per heavy atom. The molecule has 27 heavy (non-hydrogen) atoms. The molecule has 2 amide bonds. The zero-order chi connectivity index (χ0) is 18.8. The zero-order valence-corrected chi connectivity index (χ0v) is 14.9. The summed E-state index contributed by atoms with van der Waals surface area (Å²) in [5.41, 5.74) is 2.23. The van der Waals surface area contributed by atoms with E-state index in [0.717, 1.165) is 5.56 Å². The van der Waals surface area contributed by atoms with Crippen molar-refractivity contribution < 1.29 is 14.3 Å². The zero-order valence-electron chi connectivity index (χ0n) is 14.2. The second kappa shape index (κ2) is 7.13. The molecule has 0 saturated heterocycles. The number of benzene rings is 3. The van der Waals surface area contributed by atoms with Crippen molar-refractivity contribution in [2.45, 2.75) is 6.54 Å². The van der Waals surface area contributed by atoms with Crippen LogP contribution in [0.1, 0.15) is 26.3 Å². The fourth-order valence-electron chi connectivity index (χ4n) is 2.82. The lowest BCUT2D eigenvalue weighted by molar-refractivity contribution is 0.0944. The first-order valence-corrected chi connectivity index (χ1v) is 8.73. The second-order valence-corrected chi connectivity index (χ2v) is 6.50. The summed E-state index contributed by atoms with van der Waals surface area (Å²) in [6.07, 6.45) is 0. The highest BCUT2D eigenvalue weighted by atomic mass is 35.5. The molecule has 3 aromatic carbocycles. The van der Waals surface area contributed by atoms with Crippen LogP contribution < -0.4 is 15.4 Å². The third-order valence-corrected chi connectivity index (χ3v) is 4.47. The van der Waals surface area contributed by atoms with Crippen LogP contribution in [0.15, 0.2) is 66.7 Å². The molecule has 0 atom stereocenters. The Kier molecular flexibility index (Phi) is 4.52. The topological polar surface area (TPSA) is 67.4 Å². The van der Waals surface area contributed by atoms with Crippen molar-refractivity contribution in [1.82, 2.24) is 5.32 Å². The molecular weight excluding hydrogens is 364 g/mol. The molecule has 0 aromatic heterocycles. The Morgan fingerprint density at radius 2 is 1.78 bits per heavy atom. The summed E-state index contributed by atoms with van der Waals surface area (Å²) in [4.78, 5) is 24.9. The van der Waals surface area contributed by atoms with Crippen LogP contribution in [0.4, 0.5) is 5.69 Å². The third-order valence-electron chi connectivity index (χ3n) is 4.22. The van der Waals surface area contributed by atoms with Gasteiger partial charge in [-0.05, 0) is 48.5 Å². The number of ether oxygens (including phenoxy) is 1. The number of carbonyl (C=O) groups excluding carboxylic acids is 2. The molecule has 0 saturated carbocycles. The largest absolute Gasteiger partial charge is 0.456 e. The summed E-state index contributed by atoms with van der Waals surface area (Å²) in [5.74, 6) is 0.576. The maximum atomic E-state index is 12.5. The average Bonchev–Trinajstić information content (AvgIpc) is 2.67. The maximum absolute atomic E-state index is 12.5. The minimum atomic E-state index is -0.288. The van der Waals surface area contributed by atoms with Crippen molar-refractivity contribution in [1.29, 1.82) is 0 Å². The van der Waals surface area contributed by atoms with E-state index in [-0.39, 0.29) is 11.8 Å². The van der Waals surface area contributed by atoms with Crippen molar-refractivity contribution in [3.05, 3.63) is 88.4 Å². The summed E-state index contributed by atoms with van der Waals surface area (Å²) in [6.45, 7) is 0.371. The van der Waals surface area contributed by atoms with Crippen LogP contribution in [0.3, 0.4) is 0 Å². The molecular formula is C21H15ClN2O3. The van der Waals surface area contributed by atoms with Crippen LogP contribution in [-0.2, 0) is 6.54 Å². The molecule has 0 spiro atoms. The van der Waals surface area contributed by atoms with Gasteiger partial charge in [-0.25, -0.2) is 0 Å². The highest BCUT2D eigenvalue weighted by Gasteiger charge is 2.19. The van der Waals surface area contributed by atoms with E-state index in [0.29, 0.717) is 39.9 Å². The molecule has 4 rings (SSSR count). The molecule has 3 aromatic rings. The number of hydrogen-bond acceptors (Lipinski definition) is 3. The minimum Gasteiger partial charge on any atom is -0.456 e. The Labute approximate surface area is 160 Å². The predicted molar refractivity (Wildman–Crippen MR) is 104 cm³/mol. The van der Waals surface area contributed by atoms with Crippen molar-refractivity contribution in [3.8, 4) is 11.5 Å². The molecule has 0 fully saturated rings. The van der Waals surface area contributed by atoms with E-state index >= 15 is 0 Å². The van der Waals surface area contributed by atoms with E-state index in [1.54, 1.807) is 42.5 Å². The van der Waals surface area contributed by atoms with Gasteiger partial charge in [0.2, 0.25) is 0 Å². The summed E-state index contributed by atoms with van der Waals surface area (Å²) in [7, 11) is 0. The monoisotopic (exact) mass is 378 g/mol. The summed E-state index contributed by atoms with van der Waals surface area (Å²) >= 11 is 5.85. The number of amides is 2. The lowest BCUT2D eigenvalue weighted by Crippen LogP contribution is -2.25. The van der Waals surface area contributed by atoms with E-state index in [4.69, 9.17) is 16.3 Å². The van der Waals surface area contributed by atoms with Gasteiger partial charge >= 0.3 is 0 Å². The lowest BCUT2D eigenvalue weighted by atomic mass is 10.1. The molecule has 134 valence electrons. The maximum Gasteiger partial charge on any atom is 0.255 e. The Balaban J connectivity index is 1.62. The smallest absolute Gasteiger partial charge is 0.255 e. The Hall–Kier alpha value is -3.31. The SMILES string of the molecule is O=C(Nc1ccc2c(c1)C(=O)NCc1ccccc1O2)c1ccc(Cl)cc1. The molecule has 5 nitrogen and oxygen atoms in total. The first-order chi connectivity index (χ1) is 13.1. The van der Waals surface area contributed by atoms with Crippen molar-refractivity contribution in [2.24, 2.45) is 0 Å². The normalized spacial score (nSPS) is 12.6. The third kappa shape index (κ3) is 3.64. The minimum absolute atomic E-state index is 0.262. The number of hydrogen-bond donors (Lipinski definition) is 2. The fourth-order valence-corrected chi connectivity index (χ4v) is 2.94. The van der Waals surface area contributed by atoms with E-state index in [2.05, 4.69) is 10.6 Å². The van der Waals surface area contributed by atoms with Gasteiger partial charge in [0.25, 0.3) is 11.8 Å². The highest BCUT2D eigenvalue weighted by Crippen LogP contribution is 2.32. The van der Waals surface area contributed by atoms with Crippen molar-refractivity contribution >= 4 is 29.1 Å². The molecule has 2 N–H and O–H groups in total. The fraction of sp³-hybridized carbons (Fsp3) is 0.0476. The lowest BCUT2D eigenvalue weighted by Gasteiger charge is -2.19. The number of nitrogens with one attached hydrogen (secondary N) is 2. The number of halogens is 1. The van der Waals surface area contributed by atoms with E-state index in [1.807, 2.05) is 24.3 Å². The van der Waals surface area contributed by atoms with E-state index in [1.165, 1.54) is 0 Å². The van der Waals surface area contributed by atoms with Gasteiger partial charge in [0, 0.05) is 28.4 Å². The van der Waals surface area contributed by atoms with Crippen molar-refractivity contribution in [2.75, 3.05) is 5.32 Å². The molecule has 0 aliphatic carbocycles. The summed E-state index contributed by atoms with van der Waals surface area (Å²) < 4.78 is 5.92. The Bertz CT molecular complexity index is 1030. The summed E-state index contributed by atoms with van der Waals surface area (Å²) in [5, 5.41) is 6.21. The number of anilines is 1. The van der Waals surface area contributed by atoms with Crippen LogP contribution in [-0.4, -0.2) is 11.8 Å². The van der Waals surface area contributed by atoms with Gasteiger partial charge in [0.1, 0.15) is 11.5 Å². The van der Waals surface area contributed by atoms with Gasteiger partial charge in [-0.3, -0.25) is 9.59 Å². The molecule has 6 heteroatoms. The van der Waals surface area contributed by atoms with Crippen LogP contribution in [0.2, 0.25) is 5.02 Å². The van der Waals surface area contributed by atoms with E-state index in [9.17, 15) is 9.59 Å². The number of fused-ring (bicyclic) bond motifs is 2.